The molecule has 1 aliphatic heterocycles. The van der Waals surface area contributed by atoms with Crippen LogP contribution in [0.5, 0.6) is 0 Å². The standard InChI is InChI=1S/C18H22N6O2/c1-22-5-4-19-18(22)17(25)15-9-14-11-23(6-7-24(14)20-15)10-13-8-16(26-21-13)12-2-3-12/h4-5,8-9,12,17,25H,2-3,6-7,10-11H2,1H3/t17-/m0/s1. The molecule has 4 heterocycles. The molecule has 0 bridgehead atoms. The first-order valence-electron chi connectivity index (χ1n) is 9.07. The third-order valence-corrected chi connectivity index (χ3v) is 5.22. The van der Waals surface area contributed by atoms with E-state index < -0.39 is 6.10 Å². The molecule has 1 saturated carbocycles. The fourth-order valence-electron chi connectivity index (χ4n) is 3.58. The highest BCUT2D eigenvalue weighted by atomic mass is 16.5. The fraction of sp³-hybridized carbons (Fsp3) is 0.500. The van der Waals surface area contributed by atoms with E-state index in [0.29, 0.717) is 17.4 Å². The number of nitrogens with zero attached hydrogens (tertiary/aromatic N) is 6. The van der Waals surface area contributed by atoms with Gasteiger partial charge in [-0.3, -0.25) is 9.58 Å². The number of fused-ring (bicyclic) bond motifs is 1. The van der Waals surface area contributed by atoms with Crippen LogP contribution in [0.15, 0.2) is 29.0 Å². The normalized spacial score (nSPS) is 18.8. The van der Waals surface area contributed by atoms with Gasteiger partial charge in [-0.05, 0) is 18.9 Å². The van der Waals surface area contributed by atoms with Crippen molar-refractivity contribution in [2.24, 2.45) is 7.05 Å². The van der Waals surface area contributed by atoms with Crippen LogP contribution in [-0.2, 0) is 26.7 Å². The molecule has 0 saturated heterocycles. The maximum Gasteiger partial charge on any atom is 0.155 e. The molecular formula is C18H22N6O2. The van der Waals surface area contributed by atoms with Crippen molar-refractivity contribution in [3.05, 3.63) is 53.2 Å². The average molecular weight is 354 g/mol. The number of imidazole rings is 1. The molecule has 0 amide bonds. The maximum absolute atomic E-state index is 10.6. The number of aromatic nitrogens is 5. The molecule has 26 heavy (non-hydrogen) atoms. The third-order valence-electron chi connectivity index (χ3n) is 5.22. The molecule has 0 aromatic carbocycles. The lowest BCUT2D eigenvalue weighted by Crippen LogP contribution is -2.33. The molecule has 1 atom stereocenters. The molecule has 2 aliphatic rings. The van der Waals surface area contributed by atoms with Crippen LogP contribution >= 0.6 is 0 Å². The zero-order valence-electron chi connectivity index (χ0n) is 14.7. The number of hydrogen-bond donors (Lipinski definition) is 1. The topological polar surface area (TPSA) is 85.1 Å². The highest BCUT2D eigenvalue weighted by molar-refractivity contribution is 5.20. The lowest BCUT2D eigenvalue weighted by atomic mass is 10.2. The summed E-state index contributed by atoms with van der Waals surface area (Å²) in [7, 11) is 1.87. The quantitative estimate of drug-likeness (QED) is 0.749. The molecule has 1 N–H and O–H groups in total. The lowest BCUT2D eigenvalue weighted by molar-refractivity contribution is 0.192. The van der Waals surface area contributed by atoms with Gasteiger partial charge in [0.25, 0.3) is 0 Å². The van der Waals surface area contributed by atoms with Gasteiger partial charge >= 0.3 is 0 Å². The van der Waals surface area contributed by atoms with Crippen molar-refractivity contribution in [2.75, 3.05) is 6.54 Å². The smallest absolute Gasteiger partial charge is 0.155 e. The summed E-state index contributed by atoms with van der Waals surface area (Å²) in [4.78, 5) is 6.56. The molecule has 8 heteroatoms. The first kappa shape index (κ1) is 15.8. The minimum absolute atomic E-state index is 0.592. The van der Waals surface area contributed by atoms with Gasteiger partial charge in [-0.25, -0.2) is 4.98 Å². The Morgan fingerprint density at radius 1 is 1.31 bits per heavy atom. The van der Waals surface area contributed by atoms with Crippen LogP contribution in [0.1, 0.15) is 53.5 Å². The third kappa shape index (κ3) is 2.85. The highest BCUT2D eigenvalue weighted by Crippen LogP contribution is 2.40. The Morgan fingerprint density at radius 3 is 2.96 bits per heavy atom. The molecule has 136 valence electrons. The molecule has 0 spiro atoms. The van der Waals surface area contributed by atoms with Gasteiger partial charge in [-0.1, -0.05) is 5.16 Å². The molecule has 1 aliphatic carbocycles. The molecule has 0 radical (unpaired) electrons. The van der Waals surface area contributed by atoms with Gasteiger partial charge in [0.1, 0.15) is 11.6 Å². The van der Waals surface area contributed by atoms with Crippen molar-refractivity contribution in [1.29, 1.82) is 0 Å². The lowest BCUT2D eigenvalue weighted by Gasteiger charge is -2.26. The second kappa shape index (κ2) is 6.07. The summed E-state index contributed by atoms with van der Waals surface area (Å²) in [6.45, 7) is 3.26. The summed E-state index contributed by atoms with van der Waals surface area (Å²) in [5, 5.41) is 19.4. The van der Waals surface area contributed by atoms with Crippen molar-refractivity contribution in [1.82, 2.24) is 29.4 Å². The zero-order chi connectivity index (χ0) is 17.7. The van der Waals surface area contributed by atoms with Crippen molar-refractivity contribution in [2.45, 2.75) is 44.5 Å². The Morgan fingerprint density at radius 2 is 2.19 bits per heavy atom. The van der Waals surface area contributed by atoms with E-state index in [1.54, 1.807) is 6.20 Å². The molecule has 3 aromatic rings. The summed E-state index contributed by atoms with van der Waals surface area (Å²) in [5.74, 6) is 2.23. The van der Waals surface area contributed by atoms with E-state index in [0.717, 1.165) is 43.3 Å². The second-order valence-corrected chi connectivity index (χ2v) is 7.29. The molecule has 0 unspecified atom stereocenters. The SMILES string of the molecule is Cn1ccnc1[C@@H](O)c1cc2n(n1)CCN(Cc1cc(C3CC3)on1)C2. The Bertz CT molecular complexity index is 922. The van der Waals surface area contributed by atoms with Crippen LogP contribution in [0.4, 0.5) is 0 Å². The molecule has 8 nitrogen and oxygen atoms in total. The number of aliphatic hydroxyl groups excluding tert-OH is 1. The Balaban J connectivity index is 1.29. The van der Waals surface area contributed by atoms with Crippen LogP contribution in [0, 0.1) is 0 Å². The van der Waals surface area contributed by atoms with Gasteiger partial charge in [0.2, 0.25) is 0 Å². The monoisotopic (exact) mass is 354 g/mol. The van der Waals surface area contributed by atoms with Gasteiger partial charge in [0, 0.05) is 51.1 Å². The molecule has 5 rings (SSSR count). The van der Waals surface area contributed by atoms with Crippen molar-refractivity contribution < 1.29 is 9.63 Å². The van der Waals surface area contributed by atoms with Crippen LogP contribution < -0.4 is 0 Å². The van der Waals surface area contributed by atoms with E-state index in [4.69, 9.17) is 4.52 Å². The summed E-state index contributed by atoms with van der Waals surface area (Å²) < 4.78 is 9.25. The number of rotatable bonds is 5. The zero-order valence-corrected chi connectivity index (χ0v) is 14.7. The predicted molar refractivity (Wildman–Crippen MR) is 92.1 cm³/mol. The van der Waals surface area contributed by atoms with E-state index in [1.165, 1.54) is 12.8 Å². The van der Waals surface area contributed by atoms with Crippen LogP contribution in [0.25, 0.3) is 0 Å². The van der Waals surface area contributed by atoms with Crippen LogP contribution in [-0.4, -0.2) is 41.0 Å². The van der Waals surface area contributed by atoms with Crippen molar-refractivity contribution in [3.63, 3.8) is 0 Å². The summed E-state index contributed by atoms with van der Waals surface area (Å²) in [5.41, 5.74) is 2.74. The Labute approximate surface area is 151 Å². The van der Waals surface area contributed by atoms with Gasteiger partial charge in [-0.2, -0.15) is 5.10 Å². The Hall–Kier alpha value is -2.45. The average Bonchev–Trinajstić information content (AvgIpc) is 3.04. The van der Waals surface area contributed by atoms with E-state index in [-0.39, 0.29) is 0 Å². The van der Waals surface area contributed by atoms with Crippen molar-refractivity contribution >= 4 is 0 Å². The van der Waals surface area contributed by atoms with E-state index in [1.807, 2.05) is 28.6 Å². The highest BCUT2D eigenvalue weighted by Gasteiger charge is 2.29. The summed E-state index contributed by atoms with van der Waals surface area (Å²) in [6, 6.07) is 4.07. The molecular weight excluding hydrogens is 332 g/mol. The van der Waals surface area contributed by atoms with E-state index in [9.17, 15) is 5.11 Å². The van der Waals surface area contributed by atoms with Gasteiger partial charge < -0.3 is 14.2 Å². The molecule has 1 fully saturated rings. The van der Waals surface area contributed by atoms with E-state index >= 15 is 0 Å². The van der Waals surface area contributed by atoms with Crippen molar-refractivity contribution in [3.8, 4) is 0 Å². The minimum Gasteiger partial charge on any atom is -0.379 e. The second-order valence-electron chi connectivity index (χ2n) is 7.29. The van der Waals surface area contributed by atoms with Gasteiger partial charge in [-0.15, -0.1) is 0 Å². The van der Waals surface area contributed by atoms with Crippen LogP contribution in [0.3, 0.4) is 0 Å². The first-order valence-corrected chi connectivity index (χ1v) is 9.07. The summed E-state index contributed by atoms with van der Waals surface area (Å²) >= 11 is 0. The predicted octanol–water partition coefficient (Wildman–Crippen LogP) is 1.58. The summed E-state index contributed by atoms with van der Waals surface area (Å²) in [6.07, 6.45) is 5.14. The molecule has 3 aromatic heterocycles. The van der Waals surface area contributed by atoms with Gasteiger partial charge in [0.15, 0.2) is 6.10 Å². The first-order chi connectivity index (χ1) is 12.7. The number of hydrogen-bond acceptors (Lipinski definition) is 6. The number of aryl methyl sites for hydroxylation is 1. The van der Waals surface area contributed by atoms with Gasteiger partial charge in [0.05, 0.1) is 23.6 Å². The maximum atomic E-state index is 10.6. The largest absolute Gasteiger partial charge is 0.379 e. The Kier molecular flexibility index (Phi) is 3.68. The van der Waals surface area contributed by atoms with Crippen LogP contribution in [0.2, 0.25) is 0 Å². The fourth-order valence-corrected chi connectivity index (χ4v) is 3.58. The number of aliphatic hydroxyl groups is 1. The minimum atomic E-state index is -0.807. The van der Waals surface area contributed by atoms with E-state index in [2.05, 4.69) is 26.2 Å².